The molecule has 0 aromatic heterocycles. The molecule has 0 saturated carbocycles. The third kappa shape index (κ3) is 4.41. The SMILES string of the molecule is Cc1cc(C(=O)ON2C(=O)CCC2=O)cc(C)c1C1c2cc3c(cc2P(=O)(c2ccccc2)c2cc4c(cc21)CCN4C)N(C)CC3. The third-order valence-corrected chi connectivity index (χ3v) is 13.6. The zero-order chi connectivity index (χ0) is 32.8. The fourth-order valence-corrected chi connectivity index (χ4v) is 11.2. The van der Waals surface area contributed by atoms with E-state index in [1.54, 1.807) is 12.1 Å². The normalized spacial score (nSPS) is 21.1. The standard InChI is InChI=1S/C38H36N3O5P/c1-22-16-26(38(44)46-41-34(42)10-11-35(41)43)17-23(2)36(22)37-28-18-24-12-14-39(3)30(24)20-32(28)47(45,27-8-6-5-7-9-27)33-21-31-25(19-29(33)37)13-15-40(31)4/h5-9,16-21,37H,10-15H2,1-4H3. The van der Waals surface area contributed by atoms with Gasteiger partial charge in [-0.2, -0.15) is 0 Å². The van der Waals surface area contributed by atoms with E-state index < -0.39 is 24.9 Å². The molecular weight excluding hydrogens is 609 g/mol. The second-order valence-electron chi connectivity index (χ2n) is 13.3. The van der Waals surface area contributed by atoms with Crippen molar-refractivity contribution in [3.05, 3.63) is 111 Å². The van der Waals surface area contributed by atoms with E-state index in [0.29, 0.717) is 5.06 Å². The van der Waals surface area contributed by atoms with Gasteiger partial charge in [0.05, 0.1) is 5.56 Å². The first-order valence-electron chi connectivity index (χ1n) is 16.2. The molecule has 47 heavy (non-hydrogen) atoms. The van der Waals surface area contributed by atoms with Crippen LogP contribution in [0, 0.1) is 13.8 Å². The average Bonchev–Trinajstić information content (AvgIpc) is 3.72. The number of nitrogens with zero attached hydrogens (tertiary/aromatic N) is 3. The van der Waals surface area contributed by atoms with Gasteiger partial charge in [-0.25, -0.2) is 4.79 Å². The first kappa shape index (κ1) is 29.7. The molecule has 0 N–H and O–H groups in total. The Hall–Kier alpha value is -4.68. The van der Waals surface area contributed by atoms with Crippen LogP contribution in [0.25, 0.3) is 0 Å². The molecule has 0 unspecified atom stereocenters. The van der Waals surface area contributed by atoms with Crippen molar-refractivity contribution >= 4 is 52.2 Å². The molecule has 0 radical (unpaired) electrons. The first-order valence-corrected chi connectivity index (χ1v) is 17.9. The molecule has 0 atom stereocenters. The van der Waals surface area contributed by atoms with Gasteiger partial charge < -0.3 is 19.2 Å². The summed E-state index contributed by atoms with van der Waals surface area (Å²) >= 11 is 0. The quantitative estimate of drug-likeness (QED) is 0.208. The molecule has 8 rings (SSSR count). The molecule has 4 aliphatic rings. The Morgan fingerprint density at radius 2 is 1.26 bits per heavy atom. The second kappa shape index (κ2) is 10.7. The van der Waals surface area contributed by atoms with Gasteiger partial charge >= 0.3 is 5.97 Å². The Kier molecular flexibility index (Phi) is 6.75. The van der Waals surface area contributed by atoms with Gasteiger partial charge in [0.2, 0.25) is 0 Å². The van der Waals surface area contributed by atoms with Crippen LogP contribution in [0.1, 0.15) is 68.1 Å². The van der Waals surface area contributed by atoms with Crippen molar-refractivity contribution in [2.24, 2.45) is 0 Å². The molecule has 0 spiro atoms. The smallest absolute Gasteiger partial charge is 0.363 e. The Balaban J connectivity index is 1.36. The fraction of sp³-hybridized carbons (Fsp3) is 0.289. The lowest BCUT2D eigenvalue weighted by molar-refractivity contribution is -0.172. The lowest BCUT2D eigenvalue weighted by Crippen LogP contribution is -2.37. The number of anilines is 2. The highest BCUT2D eigenvalue weighted by Crippen LogP contribution is 2.55. The Morgan fingerprint density at radius 1 is 0.745 bits per heavy atom. The number of likely N-dealkylation sites (N-methyl/N-ethyl adjacent to an activating group) is 2. The summed E-state index contributed by atoms with van der Waals surface area (Å²) in [5.41, 5.74) is 9.90. The minimum Gasteiger partial charge on any atom is -0.374 e. The van der Waals surface area contributed by atoms with Crippen LogP contribution in [0.3, 0.4) is 0 Å². The predicted molar refractivity (Wildman–Crippen MR) is 183 cm³/mol. The molecule has 0 bridgehead atoms. The Morgan fingerprint density at radius 3 is 1.77 bits per heavy atom. The zero-order valence-corrected chi connectivity index (χ0v) is 27.9. The monoisotopic (exact) mass is 645 g/mol. The number of benzene rings is 4. The number of fused-ring (bicyclic) bond motifs is 4. The number of imide groups is 1. The zero-order valence-electron chi connectivity index (χ0n) is 27.0. The second-order valence-corrected chi connectivity index (χ2v) is 16.0. The van der Waals surface area contributed by atoms with E-state index in [9.17, 15) is 14.4 Å². The van der Waals surface area contributed by atoms with Crippen molar-refractivity contribution in [2.75, 3.05) is 37.0 Å². The number of carbonyl (C=O) groups excluding carboxylic acids is 3. The largest absolute Gasteiger partial charge is 0.374 e. The summed E-state index contributed by atoms with van der Waals surface area (Å²) in [4.78, 5) is 47.3. The van der Waals surface area contributed by atoms with Crippen LogP contribution in [-0.2, 0) is 31.8 Å². The molecule has 1 fully saturated rings. The molecule has 1 saturated heterocycles. The van der Waals surface area contributed by atoms with Crippen molar-refractivity contribution in [3.63, 3.8) is 0 Å². The topological polar surface area (TPSA) is 87.2 Å². The van der Waals surface area contributed by atoms with E-state index in [-0.39, 0.29) is 24.3 Å². The highest BCUT2D eigenvalue weighted by Gasteiger charge is 2.45. The third-order valence-electron chi connectivity index (χ3n) is 10.4. The van der Waals surface area contributed by atoms with Crippen molar-refractivity contribution in [1.82, 2.24) is 5.06 Å². The van der Waals surface area contributed by atoms with Crippen molar-refractivity contribution in [2.45, 2.75) is 45.4 Å². The minimum atomic E-state index is -3.30. The van der Waals surface area contributed by atoms with Crippen LogP contribution in [0.15, 0.2) is 66.7 Å². The summed E-state index contributed by atoms with van der Waals surface area (Å²) in [6.45, 7) is 5.78. The van der Waals surface area contributed by atoms with E-state index in [1.165, 1.54) is 11.1 Å². The molecule has 8 nitrogen and oxygen atoms in total. The van der Waals surface area contributed by atoms with Crippen molar-refractivity contribution < 1.29 is 23.8 Å². The predicted octanol–water partition coefficient (Wildman–Crippen LogP) is 4.64. The number of hydrogen-bond acceptors (Lipinski definition) is 7. The lowest BCUT2D eigenvalue weighted by Gasteiger charge is -2.37. The minimum absolute atomic E-state index is 0.0371. The summed E-state index contributed by atoms with van der Waals surface area (Å²) < 4.78 is 16.0. The number of hydroxylamine groups is 2. The molecule has 4 heterocycles. The summed E-state index contributed by atoms with van der Waals surface area (Å²) in [5.74, 6) is -1.98. The Bertz CT molecular complexity index is 1980. The summed E-state index contributed by atoms with van der Waals surface area (Å²) in [6, 6.07) is 22.4. The van der Waals surface area contributed by atoms with Gasteiger partial charge in [0, 0.05) is 73.2 Å². The van der Waals surface area contributed by atoms with Crippen LogP contribution in [-0.4, -0.2) is 50.0 Å². The van der Waals surface area contributed by atoms with Crippen LogP contribution < -0.4 is 25.7 Å². The molecular formula is C38H36N3O5P. The van der Waals surface area contributed by atoms with Crippen LogP contribution in [0.2, 0.25) is 0 Å². The molecule has 4 aromatic rings. The summed E-state index contributed by atoms with van der Waals surface area (Å²) in [6.07, 6.45) is 1.91. The number of carbonyl (C=O) groups is 3. The van der Waals surface area contributed by atoms with Crippen molar-refractivity contribution in [3.8, 4) is 0 Å². The van der Waals surface area contributed by atoms with Gasteiger partial charge in [0.15, 0.2) is 7.14 Å². The van der Waals surface area contributed by atoms with Gasteiger partial charge in [-0.05, 0) is 89.9 Å². The lowest BCUT2D eigenvalue weighted by atomic mass is 9.78. The Labute approximate surface area is 274 Å². The van der Waals surface area contributed by atoms with E-state index >= 15 is 4.57 Å². The molecule has 4 aliphatic heterocycles. The van der Waals surface area contributed by atoms with Crippen LogP contribution in [0.4, 0.5) is 11.4 Å². The molecule has 2 amide bonds. The summed E-state index contributed by atoms with van der Waals surface area (Å²) in [7, 11) is 0.887. The molecule has 4 aromatic carbocycles. The molecule has 238 valence electrons. The first-order chi connectivity index (χ1) is 22.6. The highest BCUT2D eigenvalue weighted by molar-refractivity contribution is 7.85. The van der Waals surface area contributed by atoms with Crippen molar-refractivity contribution in [1.29, 1.82) is 0 Å². The van der Waals surface area contributed by atoms with Crippen LogP contribution in [0.5, 0.6) is 0 Å². The van der Waals surface area contributed by atoms with Gasteiger partial charge in [0.1, 0.15) is 0 Å². The number of hydrogen-bond donors (Lipinski definition) is 0. The summed E-state index contributed by atoms with van der Waals surface area (Å²) in [5, 5.41) is 3.13. The number of amides is 2. The maximum atomic E-state index is 16.0. The maximum absolute atomic E-state index is 16.0. The maximum Gasteiger partial charge on any atom is 0.363 e. The fourth-order valence-electron chi connectivity index (χ4n) is 8.08. The molecule has 0 aliphatic carbocycles. The van der Waals surface area contributed by atoms with E-state index in [2.05, 4.69) is 48.2 Å². The van der Waals surface area contributed by atoms with Gasteiger partial charge in [-0.1, -0.05) is 42.5 Å². The van der Waals surface area contributed by atoms with E-state index in [0.717, 1.165) is 81.0 Å². The van der Waals surface area contributed by atoms with E-state index in [4.69, 9.17) is 4.84 Å². The number of aryl methyl sites for hydroxylation is 2. The van der Waals surface area contributed by atoms with Gasteiger partial charge in [0.25, 0.3) is 11.8 Å². The van der Waals surface area contributed by atoms with Crippen LogP contribution >= 0.6 is 7.14 Å². The van der Waals surface area contributed by atoms with Gasteiger partial charge in [-0.15, -0.1) is 5.06 Å². The number of rotatable bonds is 4. The highest BCUT2D eigenvalue weighted by atomic mass is 31.2. The van der Waals surface area contributed by atoms with Gasteiger partial charge in [-0.3, -0.25) is 9.59 Å². The molecule has 9 heteroatoms. The van der Waals surface area contributed by atoms with E-state index in [1.807, 2.05) is 44.2 Å². The average molecular weight is 646 g/mol.